The zero-order valence-electron chi connectivity index (χ0n) is 7.74. The smallest absolute Gasteiger partial charge is 0.687 e. The van der Waals surface area contributed by atoms with Gasteiger partial charge in [0.05, 0.1) is 0 Å². The van der Waals surface area contributed by atoms with Crippen LogP contribution < -0.4 is 29.6 Å². The summed E-state index contributed by atoms with van der Waals surface area (Å²) in [5, 5.41) is 7.79. The van der Waals surface area contributed by atoms with Crippen molar-refractivity contribution in [2.45, 2.75) is 37.8 Å². The van der Waals surface area contributed by atoms with E-state index < -0.39 is 15.1 Å². The van der Waals surface area contributed by atoms with Gasteiger partial charge in [-0.1, -0.05) is 37.8 Å². The summed E-state index contributed by atoms with van der Waals surface area (Å²) in [5.41, 5.74) is 0. The molecule has 0 atom stereocenters. The first-order chi connectivity index (χ1) is 5.15. The van der Waals surface area contributed by atoms with Crippen molar-refractivity contribution in [1.29, 1.82) is 0 Å². The second-order valence-electron chi connectivity index (χ2n) is 3.37. The van der Waals surface area contributed by atoms with E-state index in [4.69, 9.17) is 5.40 Å². The van der Waals surface area contributed by atoms with Crippen molar-refractivity contribution in [2.24, 2.45) is 0 Å². The van der Waals surface area contributed by atoms with Crippen LogP contribution in [0.3, 0.4) is 0 Å². The maximum atomic E-state index is 7.79. The predicted octanol–water partition coefficient (Wildman–Crippen LogP) is -1.53. The van der Waals surface area contributed by atoms with Crippen LogP contribution in [0.5, 0.6) is 0 Å². The molecule has 1 saturated heterocycles. The average molecular weight is 235 g/mol. The molecule has 0 aliphatic carbocycles. The molecule has 0 aromatic rings. The van der Waals surface area contributed by atoms with E-state index in [-0.39, 0.29) is 29.6 Å². The molecule has 1 fully saturated rings. The summed E-state index contributed by atoms with van der Waals surface area (Å²) in [7, 11) is 5.24. The zero-order valence-corrected chi connectivity index (χ0v) is 13.7. The fourth-order valence-corrected chi connectivity index (χ4v) is 9.91. The number of rotatable bonds is 1. The van der Waals surface area contributed by atoms with Crippen LogP contribution in [-0.2, 0) is 0 Å². The molecule has 0 aromatic heterocycles. The quantitative estimate of drug-likeness (QED) is 0.492. The Morgan fingerprint density at radius 3 is 1.83 bits per heavy atom. The Morgan fingerprint density at radius 2 is 1.50 bits per heavy atom. The maximum absolute atomic E-state index is 7.79. The Kier molecular flexibility index (Phi) is 7.30. The van der Waals surface area contributed by atoms with E-state index in [1.807, 2.05) is 0 Å². The van der Waals surface area contributed by atoms with Gasteiger partial charge in [-0.15, -0.1) is 7.99 Å². The average Bonchev–Trinajstić information content (AvgIpc) is 2.15. The van der Waals surface area contributed by atoms with Gasteiger partial charge in [0.15, 0.2) is 0 Å². The van der Waals surface area contributed by atoms with E-state index in [9.17, 15) is 0 Å². The van der Waals surface area contributed by atoms with E-state index in [1.54, 1.807) is 0 Å². The van der Waals surface area contributed by atoms with Gasteiger partial charge in [0.2, 0.25) is 0 Å². The minimum atomic E-state index is -1.28. The van der Waals surface area contributed by atoms with Crippen LogP contribution in [0.2, 0.25) is 12.1 Å². The third-order valence-electron chi connectivity index (χ3n) is 2.44. The fourth-order valence-electron chi connectivity index (χ4n) is 1.58. The molecule has 1 aliphatic heterocycles. The largest absolute Gasteiger partial charge is 1.00 e. The Morgan fingerprint density at radius 1 is 1.08 bits per heavy atom. The molecule has 0 unspecified atom stereocenters. The van der Waals surface area contributed by atoms with Gasteiger partial charge in [-0.2, -0.15) is 0 Å². The summed E-state index contributed by atoms with van der Waals surface area (Å²) in [5.74, 6) is 0. The van der Waals surface area contributed by atoms with Gasteiger partial charge < -0.3 is 5.40 Å². The van der Waals surface area contributed by atoms with Crippen molar-refractivity contribution >= 4 is 34.6 Å². The molecule has 1 rings (SSSR count). The molecule has 7 radical (unpaired) electrons. The molecule has 0 saturated carbocycles. The van der Waals surface area contributed by atoms with Crippen LogP contribution in [0.1, 0.15) is 25.7 Å². The van der Waals surface area contributed by atoms with Crippen LogP contribution in [0.15, 0.2) is 0 Å². The normalized spacial score (nSPS) is 23.0. The second kappa shape index (κ2) is 6.34. The van der Waals surface area contributed by atoms with Crippen molar-refractivity contribution < 1.29 is 29.6 Å². The molecule has 1 heterocycles. The minimum absolute atomic E-state index is 0. The van der Waals surface area contributed by atoms with E-state index in [2.05, 4.69) is 19.5 Å². The number of hydrogen-bond acceptors (Lipinski definition) is 0. The maximum Gasteiger partial charge on any atom is 1.00 e. The summed E-state index contributed by atoms with van der Waals surface area (Å²) < 4.78 is 0. The predicted molar refractivity (Wildman–Crippen MR) is 55.4 cm³/mol. The minimum Gasteiger partial charge on any atom is -0.687 e. The standard InChI is InChI=1S/C6H13NSi4.Na/c7-10(8)11(9)5-3-1-2-4-6-11;/h7H,1-6H2;/q-1;+1. The molecule has 1 aliphatic rings. The monoisotopic (exact) mass is 234 g/mol. The Bertz CT molecular complexity index is 125. The third kappa shape index (κ3) is 3.91. The second-order valence-corrected chi connectivity index (χ2v) is 19.0. The van der Waals surface area contributed by atoms with Crippen LogP contribution in [0, 0.1) is 0 Å². The van der Waals surface area contributed by atoms with E-state index in [1.165, 1.54) is 37.8 Å². The van der Waals surface area contributed by atoms with Crippen LogP contribution >= 0.6 is 0 Å². The Balaban J connectivity index is 0.00000121. The van der Waals surface area contributed by atoms with E-state index in [0.717, 1.165) is 0 Å². The van der Waals surface area contributed by atoms with Gasteiger partial charge in [-0.05, 0) is 9.76 Å². The van der Waals surface area contributed by atoms with Crippen molar-refractivity contribution in [2.75, 3.05) is 0 Å². The molecule has 59 valence electrons. The van der Waals surface area contributed by atoms with Gasteiger partial charge in [0.1, 0.15) is 0 Å². The van der Waals surface area contributed by atoms with Crippen molar-refractivity contribution in [1.82, 2.24) is 0 Å². The molecule has 1 nitrogen and oxygen atoms in total. The summed E-state index contributed by atoms with van der Waals surface area (Å²) in [6, 6.07) is 2.65. The third-order valence-corrected chi connectivity index (χ3v) is 20.5. The molecule has 0 spiro atoms. The fraction of sp³-hybridized carbons (Fsp3) is 1.00. The van der Waals surface area contributed by atoms with Gasteiger partial charge in [0, 0.05) is 16.9 Å². The van der Waals surface area contributed by atoms with Crippen LogP contribution in [-0.4, -0.2) is 34.6 Å². The topological polar surface area (TPSA) is 23.8 Å². The molecule has 0 bridgehead atoms. The summed E-state index contributed by atoms with van der Waals surface area (Å²) in [4.78, 5) is 0. The molecule has 12 heavy (non-hydrogen) atoms. The Hall–Kier alpha value is 1.83. The summed E-state index contributed by atoms with van der Waals surface area (Å²) >= 11 is 0. The SMILES string of the molecule is [NH-][Si]([Si])[Si]1([Si])CCCCCC1.[Na+]. The molecule has 0 aromatic carbocycles. The molecular weight excluding hydrogens is 221 g/mol. The van der Waals surface area contributed by atoms with Crippen molar-refractivity contribution in [3.05, 3.63) is 5.40 Å². The van der Waals surface area contributed by atoms with Gasteiger partial charge >= 0.3 is 29.6 Å². The van der Waals surface area contributed by atoms with Crippen molar-refractivity contribution in [3.63, 3.8) is 0 Å². The van der Waals surface area contributed by atoms with E-state index in [0.29, 0.717) is 0 Å². The zero-order chi connectivity index (χ0) is 8.32. The molecule has 1 N–H and O–H groups in total. The van der Waals surface area contributed by atoms with Gasteiger partial charge in [-0.3, -0.25) is 0 Å². The van der Waals surface area contributed by atoms with Crippen molar-refractivity contribution in [3.8, 4) is 0 Å². The number of nitrogens with one attached hydrogen (secondary N) is 1. The first-order valence-electron chi connectivity index (χ1n) is 4.21. The van der Waals surface area contributed by atoms with E-state index >= 15 is 0 Å². The first-order valence-corrected chi connectivity index (χ1v) is 12.1. The van der Waals surface area contributed by atoms with Crippen LogP contribution in [0.25, 0.3) is 5.40 Å². The molecular formula is C6H13NNaSi4. The summed E-state index contributed by atoms with van der Waals surface area (Å²) in [6.45, 7) is 0. The summed E-state index contributed by atoms with van der Waals surface area (Å²) in [6.07, 6.45) is 5.49. The van der Waals surface area contributed by atoms with Crippen LogP contribution in [0.4, 0.5) is 0 Å². The first kappa shape index (κ1) is 13.8. The number of hydrogen-bond donors (Lipinski definition) is 0. The molecule has 0 amide bonds. The Labute approximate surface area is 106 Å². The van der Waals surface area contributed by atoms with Gasteiger partial charge in [-0.25, -0.2) is 0 Å². The molecule has 6 heteroatoms. The van der Waals surface area contributed by atoms with Gasteiger partial charge in [0.25, 0.3) is 0 Å².